The van der Waals surface area contributed by atoms with Crippen LogP contribution in [0.2, 0.25) is 0 Å². The van der Waals surface area contributed by atoms with E-state index in [9.17, 15) is 0 Å². The SMILES string of the molecule is COCCn1c(C(C)n2cccn2)n[nH]c1=S. The maximum atomic E-state index is 5.19. The van der Waals surface area contributed by atoms with E-state index in [2.05, 4.69) is 15.3 Å². The Bertz CT molecular complexity index is 515. The van der Waals surface area contributed by atoms with Crippen molar-refractivity contribution in [1.29, 1.82) is 0 Å². The van der Waals surface area contributed by atoms with E-state index in [0.717, 1.165) is 5.82 Å². The Balaban J connectivity index is 2.29. The molecule has 2 rings (SSSR count). The van der Waals surface area contributed by atoms with Gasteiger partial charge in [-0.3, -0.25) is 9.78 Å². The Morgan fingerprint density at radius 2 is 2.41 bits per heavy atom. The molecular weight excluding hydrogens is 238 g/mol. The third-order valence-corrected chi connectivity index (χ3v) is 2.91. The highest BCUT2D eigenvalue weighted by Gasteiger charge is 2.15. The fourth-order valence-electron chi connectivity index (χ4n) is 1.68. The predicted molar refractivity (Wildman–Crippen MR) is 65.3 cm³/mol. The van der Waals surface area contributed by atoms with Gasteiger partial charge in [-0.15, -0.1) is 0 Å². The number of aromatic nitrogens is 5. The van der Waals surface area contributed by atoms with Crippen molar-refractivity contribution in [2.45, 2.75) is 19.5 Å². The number of ether oxygens (including phenoxy) is 1. The van der Waals surface area contributed by atoms with Gasteiger partial charge in [0.15, 0.2) is 10.6 Å². The quantitative estimate of drug-likeness (QED) is 0.818. The maximum Gasteiger partial charge on any atom is 0.195 e. The van der Waals surface area contributed by atoms with Crippen molar-refractivity contribution in [2.75, 3.05) is 13.7 Å². The first-order chi connectivity index (χ1) is 8.24. The van der Waals surface area contributed by atoms with Gasteiger partial charge < -0.3 is 9.30 Å². The topological polar surface area (TPSA) is 60.7 Å². The second-order valence-electron chi connectivity index (χ2n) is 3.69. The first kappa shape index (κ1) is 12.0. The third-order valence-electron chi connectivity index (χ3n) is 2.60. The molecule has 0 radical (unpaired) electrons. The number of hydrogen-bond acceptors (Lipinski definition) is 4. The van der Waals surface area contributed by atoms with Crippen LogP contribution in [0.1, 0.15) is 18.8 Å². The first-order valence-electron chi connectivity index (χ1n) is 5.37. The highest BCUT2D eigenvalue weighted by Crippen LogP contribution is 2.14. The number of methoxy groups -OCH3 is 1. The molecule has 2 aromatic heterocycles. The second kappa shape index (κ2) is 5.24. The van der Waals surface area contributed by atoms with E-state index in [1.165, 1.54) is 0 Å². The summed E-state index contributed by atoms with van der Waals surface area (Å²) in [5.74, 6) is 0.857. The molecule has 92 valence electrons. The molecule has 2 heterocycles. The summed E-state index contributed by atoms with van der Waals surface area (Å²) in [5, 5.41) is 11.3. The van der Waals surface area contributed by atoms with Crippen LogP contribution in [0.4, 0.5) is 0 Å². The standard InChI is InChI=1S/C10H15N5OS/c1-8(15-5-3-4-11-15)9-12-13-10(17)14(9)6-7-16-2/h3-5,8H,6-7H2,1-2H3,(H,13,17). The van der Waals surface area contributed by atoms with Gasteiger partial charge in [0.1, 0.15) is 6.04 Å². The van der Waals surface area contributed by atoms with Gasteiger partial charge in [-0.1, -0.05) is 0 Å². The summed E-state index contributed by atoms with van der Waals surface area (Å²) in [6.45, 7) is 3.32. The summed E-state index contributed by atoms with van der Waals surface area (Å²) in [5.41, 5.74) is 0. The van der Waals surface area contributed by atoms with Crippen LogP contribution < -0.4 is 0 Å². The van der Waals surface area contributed by atoms with E-state index >= 15 is 0 Å². The Kier molecular flexibility index (Phi) is 3.70. The zero-order chi connectivity index (χ0) is 12.3. The third kappa shape index (κ3) is 2.45. The van der Waals surface area contributed by atoms with Crippen molar-refractivity contribution in [2.24, 2.45) is 0 Å². The Morgan fingerprint density at radius 1 is 1.59 bits per heavy atom. The monoisotopic (exact) mass is 253 g/mol. The van der Waals surface area contributed by atoms with Crippen LogP contribution in [0.3, 0.4) is 0 Å². The average molecular weight is 253 g/mol. The van der Waals surface area contributed by atoms with Crippen LogP contribution in [0.15, 0.2) is 18.5 Å². The predicted octanol–water partition coefficient (Wildman–Crippen LogP) is 1.39. The van der Waals surface area contributed by atoms with Gasteiger partial charge in [-0.05, 0) is 25.2 Å². The molecule has 1 N–H and O–H groups in total. The van der Waals surface area contributed by atoms with Crippen LogP contribution in [0, 0.1) is 4.77 Å². The van der Waals surface area contributed by atoms with Crippen molar-refractivity contribution in [3.8, 4) is 0 Å². The van der Waals surface area contributed by atoms with Crippen LogP contribution in [-0.4, -0.2) is 38.3 Å². The van der Waals surface area contributed by atoms with E-state index < -0.39 is 0 Å². The number of rotatable bonds is 5. The van der Waals surface area contributed by atoms with E-state index in [0.29, 0.717) is 17.9 Å². The van der Waals surface area contributed by atoms with Crippen LogP contribution >= 0.6 is 12.2 Å². The molecule has 2 aromatic rings. The van der Waals surface area contributed by atoms with Gasteiger partial charge in [0.2, 0.25) is 0 Å². The molecule has 0 amide bonds. The van der Waals surface area contributed by atoms with Gasteiger partial charge in [0.05, 0.1) is 13.2 Å². The minimum absolute atomic E-state index is 0.0369. The lowest BCUT2D eigenvalue weighted by Gasteiger charge is -2.13. The Morgan fingerprint density at radius 3 is 3.06 bits per heavy atom. The maximum absolute atomic E-state index is 5.19. The van der Waals surface area contributed by atoms with Gasteiger partial charge in [-0.2, -0.15) is 10.2 Å². The number of nitrogens with zero attached hydrogens (tertiary/aromatic N) is 4. The highest BCUT2D eigenvalue weighted by molar-refractivity contribution is 7.71. The molecular formula is C10H15N5OS. The number of H-pyrrole nitrogens is 1. The molecule has 0 bridgehead atoms. The van der Waals surface area contributed by atoms with E-state index in [-0.39, 0.29) is 6.04 Å². The van der Waals surface area contributed by atoms with Crippen molar-refractivity contribution in [3.05, 3.63) is 29.1 Å². The molecule has 0 saturated carbocycles. The summed E-state index contributed by atoms with van der Waals surface area (Å²) in [6.07, 6.45) is 3.65. The fourth-order valence-corrected chi connectivity index (χ4v) is 1.91. The molecule has 17 heavy (non-hydrogen) atoms. The van der Waals surface area contributed by atoms with Gasteiger partial charge >= 0.3 is 0 Å². The van der Waals surface area contributed by atoms with E-state index in [1.807, 2.05) is 28.4 Å². The number of hydrogen-bond donors (Lipinski definition) is 1. The van der Waals surface area contributed by atoms with Crippen LogP contribution in [0.5, 0.6) is 0 Å². The Labute approximate surface area is 104 Å². The average Bonchev–Trinajstić information content (AvgIpc) is 2.95. The van der Waals surface area contributed by atoms with Crippen molar-refractivity contribution >= 4 is 12.2 Å². The summed E-state index contributed by atoms with van der Waals surface area (Å²) in [6, 6.07) is 1.92. The minimum atomic E-state index is 0.0369. The molecule has 0 saturated heterocycles. The normalized spacial score (nSPS) is 12.8. The molecule has 0 aromatic carbocycles. The molecule has 0 aliphatic rings. The van der Waals surface area contributed by atoms with E-state index in [1.54, 1.807) is 13.3 Å². The van der Waals surface area contributed by atoms with Crippen LogP contribution in [0.25, 0.3) is 0 Å². The molecule has 1 unspecified atom stereocenters. The largest absolute Gasteiger partial charge is 0.383 e. The smallest absolute Gasteiger partial charge is 0.195 e. The van der Waals surface area contributed by atoms with Crippen molar-refractivity contribution < 1.29 is 4.74 Å². The number of nitrogens with one attached hydrogen (secondary N) is 1. The zero-order valence-electron chi connectivity index (χ0n) is 9.83. The summed E-state index contributed by atoms with van der Waals surface area (Å²) < 4.78 is 9.45. The summed E-state index contributed by atoms with van der Waals surface area (Å²) >= 11 is 5.19. The minimum Gasteiger partial charge on any atom is -0.383 e. The van der Waals surface area contributed by atoms with Crippen molar-refractivity contribution in [3.63, 3.8) is 0 Å². The number of aromatic amines is 1. The lowest BCUT2D eigenvalue weighted by molar-refractivity contribution is 0.185. The lowest BCUT2D eigenvalue weighted by Crippen LogP contribution is -2.16. The molecule has 0 spiro atoms. The van der Waals surface area contributed by atoms with Crippen LogP contribution in [-0.2, 0) is 11.3 Å². The summed E-state index contributed by atoms with van der Waals surface area (Å²) in [4.78, 5) is 0. The van der Waals surface area contributed by atoms with Gasteiger partial charge in [-0.25, -0.2) is 0 Å². The van der Waals surface area contributed by atoms with Crippen molar-refractivity contribution in [1.82, 2.24) is 24.5 Å². The van der Waals surface area contributed by atoms with Gasteiger partial charge in [0, 0.05) is 19.5 Å². The lowest BCUT2D eigenvalue weighted by atomic mass is 10.3. The fraction of sp³-hybridized carbons (Fsp3) is 0.500. The van der Waals surface area contributed by atoms with E-state index in [4.69, 9.17) is 17.0 Å². The Hall–Kier alpha value is -1.47. The molecule has 1 atom stereocenters. The molecule has 0 aliphatic heterocycles. The summed E-state index contributed by atoms with van der Waals surface area (Å²) in [7, 11) is 1.67. The molecule has 0 fully saturated rings. The second-order valence-corrected chi connectivity index (χ2v) is 4.08. The molecule has 7 heteroatoms. The zero-order valence-corrected chi connectivity index (χ0v) is 10.6. The molecule has 6 nitrogen and oxygen atoms in total. The van der Waals surface area contributed by atoms with Gasteiger partial charge in [0.25, 0.3) is 0 Å². The first-order valence-corrected chi connectivity index (χ1v) is 5.78. The highest BCUT2D eigenvalue weighted by atomic mass is 32.1. The molecule has 0 aliphatic carbocycles.